The molecule has 0 radical (unpaired) electrons. The number of ketones is 1. The first-order chi connectivity index (χ1) is 17.3. The zero-order valence-electron chi connectivity index (χ0n) is 19.4. The number of carbonyl (C=O) groups is 3. The quantitative estimate of drug-likeness (QED) is 0.467. The van der Waals surface area contributed by atoms with Gasteiger partial charge in [0.15, 0.2) is 12.0 Å². The Kier molecular flexibility index (Phi) is 6.40. The number of piperidine rings is 1. The molecule has 1 saturated heterocycles. The number of hydrogen-bond donors (Lipinski definition) is 2. The van der Waals surface area contributed by atoms with E-state index in [9.17, 15) is 23.9 Å². The number of rotatable bonds is 7. The van der Waals surface area contributed by atoms with Crippen LogP contribution in [0.4, 0.5) is 9.18 Å². The minimum Gasteiger partial charge on any atom is -0.425 e. The fourth-order valence-corrected chi connectivity index (χ4v) is 5.11. The van der Waals surface area contributed by atoms with Crippen molar-refractivity contribution in [3.8, 4) is 0 Å². The van der Waals surface area contributed by atoms with E-state index >= 15 is 0 Å². The summed E-state index contributed by atoms with van der Waals surface area (Å²) in [6.45, 7) is 0.816. The summed E-state index contributed by atoms with van der Waals surface area (Å²) in [5, 5.41) is 12.7. The van der Waals surface area contributed by atoms with Crippen molar-refractivity contribution in [1.82, 2.24) is 19.8 Å². The summed E-state index contributed by atoms with van der Waals surface area (Å²) in [6.07, 6.45) is 2.84. The Balaban J connectivity index is 1.30. The molecule has 11 heteroatoms. The Hall–Kier alpha value is -3.50. The second kappa shape index (κ2) is 9.51. The molecule has 2 amide bonds. The first kappa shape index (κ1) is 24.2. The third kappa shape index (κ3) is 4.42. The second-order valence-corrected chi connectivity index (χ2v) is 9.49. The molecule has 0 bridgehead atoms. The summed E-state index contributed by atoms with van der Waals surface area (Å²) in [6, 6.07) is 6.70. The van der Waals surface area contributed by atoms with Crippen LogP contribution < -0.4 is 5.32 Å². The molecule has 3 heterocycles. The molecule has 3 aromatic rings. The first-order valence-corrected chi connectivity index (χ1v) is 11.9. The highest BCUT2D eigenvalue weighted by atomic mass is 35.5. The molecular weight excluding hydrogens is 491 g/mol. The number of Topliss-reactive ketones (excluding diaryl/α,β-unsaturated/α-hetero) is 1. The van der Waals surface area contributed by atoms with Gasteiger partial charge in [-0.2, -0.15) is 0 Å². The molecule has 5 rings (SSSR count). The van der Waals surface area contributed by atoms with E-state index in [1.807, 2.05) is 0 Å². The average Bonchev–Trinajstić information content (AvgIpc) is 3.36. The van der Waals surface area contributed by atoms with Gasteiger partial charge in [-0.15, -0.1) is 0 Å². The monoisotopic (exact) mass is 514 g/mol. The highest BCUT2D eigenvalue weighted by molar-refractivity contribution is 6.30. The minimum atomic E-state index is -1.07. The van der Waals surface area contributed by atoms with E-state index in [2.05, 4.69) is 10.3 Å². The van der Waals surface area contributed by atoms with E-state index in [1.165, 1.54) is 25.1 Å². The Labute approximate surface area is 210 Å². The zero-order valence-corrected chi connectivity index (χ0v) is 20.1. The van der Waals surface area contributed by atoms with Gasteiger partial charge in [0.1, 0.15) is 18.0 Å². The summed E-state index contributed by atoms with van der Waals surface area (Å²) >= 11 is 5.82. The smallest absolute Gasteiger partial charge is 0.409 e. The number of carbonyl (C=O) groups excluding carboxylic acids is 3. The van der Waals surface area contributed by atoms with Crippen molar-refractivity contribution in [1.29, 1.82) is 0 Å². The fraction of sp³-hybridized carbons (Fsp3) is 0.360. The topological polar surface area (TPSA) is 114 Å². The molecule has 1 aliphatic heterocycles. The number of fused-ring (bicyclic) bond motifs is 2. The van der Waals surface area contributed by atoms with Gasteiger partial charge in [-0.1, -0.05) is 23.7 Å². The Morgan fingerprint density at radius 3 is 2.83 bits per heavy atom. The zero-order chi connectivity index (χ0) is 25.6. The van der Waals surface area contributed by atoms with E-state index in [1.54, 1.807) is 34.0 Å². The lowest BCUT2D eigenvalue weighted by Gasteiger charge is -2.28. The first-order valence-electron chi connectivity index (χ1n) is 11.6. The van der Waals surface area contributed by atoms with Crippen molar-refractivity contribution in [3.63, 3.8) is 0 Å². The number of aliphatic hydroxyl groups excluding tert-OH is 1. The number of nitrogens with one attached hydrogen (secondary N) is 1. The largest absolute Gasteiger partial charge is 0.425 e. The third-order valence-electron chi connectivity index (χ3n) is 6.74. The number of benzene rings is 1. The summed E-state index contributed by atoms with van der Waals surface area (Å²) in [5.41, 5.74) is 1.02. The summed E-state index contributed by atoms with van der Waals surface area (Å²) in [5.74, 6) is -0.905. The summed E-state index contributed by atoms with van der Waals surface area (Å²) in [7, 11) is 0. The van der Waals surface area contributed by atoms with Crippen molar-refractivity contribution >= 4 is 40.4 Å². The maximum atomic E-state index is 14.4. The van der Waals surface area contributed by atoms with E-state index in [0.29, 0.717) is 23.0 Å². The Morgan fingerprint density at radius 2 is 2.08 bits per heavy atom. The molecule has 1 aromatic carbocycles. The molecule has 4 atom stereocenters. The molecule has 2 aromatic heterocycles. The van der Waals surface area contributed by atoms with Crippen LogP contribution in [0.1, 0.15) is 41.7 Å². The van der Waals surface area contributed by atoms with Crippen molar-refractivity contribution in [2.24, 2.45) is 5.92 Å². The molecule has 36 heavy (non-hydrogen) atoms. The fourth-order valence-electron chi connectivity index (χ4n) is 4.92. The van der Waals surface area contributed by atoms with Gasteiger partial charge in [0.2, 0.25) is 5.91 Å². The van der Waals surface area contributed by atoms with E-state index in [4.69, 9.17) is 16.3 Å². The molecule has 2 aliphatic rings. The predicted molar refractivity (Wildman–Crippen MR) is 128 cm³/mol. The lowest BCUT2D eigenvalue weighted by molar-refractivity contribution is -0.140. The average molecular weight is 515 g/mol. The second-order valence-electron chi connectivity index (χ2n) is 9.08. The molecule has 1 aliphatic carbocycles. The van der Waals surface area contributed by atoms with Crippen LogP contribution in [0.2, 0.25) is 5.02 Å². The van der Waals surface area contributed by atoms with Gasteiger partial charge in [-0.25, -0.2) is 14.2 Å². The number of ether oxygens (including phenoxy) is 1. The normalized spacial score (nSPS) is 21.2. The van der Waals surface area contributed by atoms with Crippen molar-refractivity contribution in [3.05, 3.63) is 64.7 Å². The van der Waals surface area contributed by atoms with Crippen LogP contribution in [0.15, 0.2) is 42.7 Å². The molecule has 188 valence electrons. The number of likely N-dealkylation sites (tertiary alicyclic amines) is 1. The minimum absolute atomic E-state index is 0.0254. The number of aromatic nitrogens is 2. The van der Waals surface area contributed by atoms with Gasteiger partial charge in [-0.05, 0) is 37.5 Å². The number of hydrogen-bond acceptors (Lipinski definition) is 6. The van der Waals surface area contributed by atoms with Crippen LogP contribution in [0.25, 0.3) is 11.0 Å². The van der Waals surface area contributed by atoms with Gasteiger partial charge in [0.05, 0.1) is 17.7 Å². The van der Waals surface area contributed by atoms with Gasteiger partial charge in [0, 0.05) is 41.4 Å². The van der Waals surface area contributed by atoms with E-state index < -0.39 is 30.8 Å². The molecule has 0 spiro atoms. The van der Waals surface area contributed by atoms with Crippen LogP contribution >= 0.6 is 11.6 Å². The number of amides is 2. The highest BCUT2D eigenvalue weighted by Gasteiger charge is 2.55. The number of alkyl carbamates (subject to hydrolysis) is 1. The predicted octanol–water partition coefficient (Wildman–Crippen LogP) is 3.44. The van der Waals surface area contributed by atoms with Crippen molar-refractivity contribution < 1.29 is 28.6 Å². The lowest BCUT2D eigenvalue weighted by Crippen LogP contribution is -2.45. The molecule has 2 N–H and O–H groups in total. The SMILES string of the molecule is CC(=O)c1cn(CC(=O)N2[C@@H](OC(=O)N[C@H](CO)c3cccc(Cl)c3F)C[C@H]3C[C@H]32)c2ncccc12. The van der Waals surface area contributed by atoms with Crippen LogP contribution in [-0.2, 0) is 16.1 Å². The highest BCUT2D eigenvalue weighted by Crippen LogP contribution is 2.48. The molecule has 9 nitrogen and oxygen atoms in total. The number of halogens is 2. The van der Waals surface area contributed by atoms with Crippen LogP contribution in [0.3, 0.4) is 0 Å². The molecule has 0 unspecified atom stereocenters. The van der Waals surface area contributed by atoms with Crippen LogP contribution in [0.5, 0.6) is 0 Å². The number of pyridine rings is 1. The van der Waals surface area contributed by atoms with Gasteiger partial charge < -0.3 is 24.6 Å². The van der Waals surface area contributed by atoms with Crippen molar-refractivity contribution in [2.45, 2.75) is 44.6 Å². The summed E-state index contributed by atoms with van der Waals surface area (Å²) in [4.78, 5) is 43.9. The van der Waals surface area contributed by atoms with Crippen LogP contribution in [0, 0.1) is 11.7 Å². The van der Waals surface area contributed by atoms with Crippen LogP contribution in [-0.4, -0.2) is 56.2 Å². The molecular formula is C25H24ClFN4O5. The summed E-state index contributed by atoms with van der Waals surface area (Å²) < 4.78 is 21.5. The molecule has 1 saturated carbocycles. The van der Waals surface area contributed by atoms with Crippen molar-refractivity contribution in [2.75, 3.05) is 6.61 Å². The van der Waals surface area contributed by atoms with E-state index in [0.717, 1.165) is 6.42 Å². The Morgan fingerprint density at radius 1 is 1.28 bits per heavy atom. The van der Waals surface area contributed by atoms with E-state index in [-0.39, 0.29) is 40.8 Å². The van der Waals surface area contributed by atoms with Gasteiger partial charge in [0.25, 0.3) is 0 Å². The molecule has 2 fully saturated rings. The maximum absolute atomic E-state index is 14.4. The maximum Gasteiger partial charge on any atom is 0.409 e. The number of aliphatic hydroxyl groups is 1. The number of nitrogens with zero attached hydrogens (tertiary/aromatic N) is 3. The third-order valence-corrected chi connectivity index (χ3v) is 7.03. The Bertz CT molecular complexity index is 1360. The van der Waals surface area contributed by atoms with Gasteiger partial charge >= 0.3 is 6.09 Å². The standard InChI is InChI=1S/C25H24ClFN4O5/c1-13(33)17-10-30(24-15(17)5-3-7-28-24)11-21(34)31-20-8-14(20)9-22(31)36-25(35)29-19(12-32)16-4-2-6-18(26)23(16)27/h2-7,10,14,19-20,22,32H,8-9,11-12H2,1H3,(H,29,35)/t14-,19-,20-,22+/m1/s1. The lowest BCUT2D eigenvalue weighted by atomic mass is 10.1. The van der Waals surface area contributed by atoms with Gasteiger partial charge in [-0.3, -0.25) is 9.59 Å².